The summed E-state index contributed by atoms with van der Waals surface area (Å²) in [6, 6.07) is 0. The van der Waals surface area contributed by atoms with Crippen LogP contribution in [0.5, 0.6) is 0 Å². The first-order valence-corrected chi connectivity index (χ1v) is 6.29. The summed E-state index contributed by atoms with van der Waals surface area (Å²) in [4.78, 5) is 2.48. The molecule has 84 valence electrons. The van der Waals surface area contributed by atoms with Gasteiger partial charge in [0, 0.05) is 13.1 Å². The molecule has 0 amide bonds. The van der Waals surface area contributed by atoms with E-state index in [1.165, 1.54) is 45.1 Å². The minimum atomic E-state index is 0.804. The van der Waals surface area contributed by atoms with Crippen LogP contribution in [0.1, 0.15) is 45.4 Å². The van der Waals surface area contributed by atoms with Crippen LogP contribution in [0.25, 0.3) is 0 Å². The van der Waals surface area contributed by atoms with E-state index in [0.717, 1.165) is 25.6 Å². The number of nitrogens with two attached hydrogens (primary N) is 1. The quantitative estimate of drug-likeness (QED) is 0.709. The van der Waals surface area contributed by atoms with Gasteiger partial charge in [-0.25, -0.2) is 0 Å². The molecule has 0 aromatic carbocycles. The highest BCUT2D eigenvalue weighted by atomic mass is 15.1. The maximum atomic E-state index is 5.57. The zero-order valence-corrected chi connectivity index (χ0v) is 9.67. The third-order valence-electron chi connectivity index (χ3n) is 3.47. The molecule has 1 fully saturated rings. The summed E-state index contributed by atoms with van der Waals surface area (Å²) in [7, 11) is 0. The second-order valence-electron chi connectivity index (χ2n) is 4.52. The van der Waals surface area contributed by atoms with Crippen LogP contribution in [0.3, 0.4) is 0 Å². The van der Waals surface area contributed by atoms with Crippen molar-refractivity contribution in [3.8, 4) is 0 Å². The Morgan fingerprint density at radius 3 is 2.43 bits per heavy atom. The van der Waals surface area contributed by atoms with Crippen LogP contribution in [0.2, 0.25) is 0 Å². The summed E-state index contributed by atoms with van der Waals surface area (Å²) in [5, 5.41) is 0. The van der Waals surface area contributed by atoms with Crippen LogP contribution in [0.15, 0.2) is 0 Å². The summed E-state index contributed by atoms with van der Waals surface area (Å²) >= 11 is 0. The van der Waals surface area contributed by atoms with Gasteiger partial charge in [0.15, 0.2) is 0 Å². The van der Waals surface area contributed by atoms with Gasteiger partial charge >= 0.3 is 0 Å². The van der Waals surface area contributed by atoms with Gasteiger partial charge in [0.2, 0.25) is 0 Å². The lowest BCUT2D eigenvalue weighted by atomic mass is 9.87. The minimum absolute atomic E-state index is 0.804. The van der Waals surface area contributed by atoms with Crippen molar-refractivity contribution in [3.63, 3.8) is 0 Å². The zero-order valence-electron chi connectivity index (χ0n) is 9.67. The largest absolute Gasteiger partial charge is 0.329 e. The second-order valence-corrected chi connectivity index (χ2v) is 4.52. The molecular formula is C12H26N2. The van der Waals surface area contributed by atoms with E-state index < -0.39 is 0 Å². The molecule has 14 heavy (non-hydrogen) atoms. The molecule has 1 rings (SSSR count). The molecule has 1 aliphatic rings. The molecule has 0 heterocycles. The van der Waals surface area contributed by atoms with E-state index in [0.29, 0.717) is 0 Å². The highest BCUT2D eigenvalue weighted by Gasteiger charge is 2.13. The van der Waals surface area contributed by atoms with Gasteiger partial charge in [-0.1, -0.05) is 39.0 Å². The number of hydrogen-bond acceptors (Lipinski definition) is 2. The fraction of sp³-hybridized carbons (Fsp3) is 1.00. The average molecular weight is 198 g/mol. The predicted molar refractivity (Wildman–Crippen MR) is 62.4 cm³/mol. The second kappa shape index (κ2) is 7.24. The van der Waals surface area contributed by atoms with Crippen LogP contribution in [-0.4, -0.2) is 31.1 Å². The van der Waals surface area contributed by atoms with Gasteiger partial charge in [0.25, 0.3) is 0 Å². The number of nitrogens with zero attached hydrogens (tertiary/aromatic N) is 1. The topological polar surface area (TPSA) is 29.3 Å². The van der Waals surface area contributed by atoms with Gasteiger partial charge < -0.3 is 10.6 Å². The van der Waals surface area contributed by atoms with E-state index in [2.05, 4.69) is 11.8 Å². The van der Waals surface area contributed by atoms with Crippen molar-refractivity contribution in [1.29, 1.82) is 0 Å². The molecular weight excluding hydrogens is 172 g/mol. The smallest absolute Gasteiger partial charge is 0.0104 e. The van der Waals surface area contributed by atoms with E-state index >= 15 is 0 Å². The normalized spacial score (nSPS) is 19.1. The predicted octanol–water partition coefficient (Wildman–Crippen LogP) is 2.24. The van der Waals surface area contributed by atoms with Crippen LogP contribution in [-0.2, 0) is 0 Å². The van der Waals surface area contributed by atoms with Crippen molar-refractivity contribution in [2.45, 2.75) is 45.4 Å². The zero-order chi connectivity index (χ0) is 10.2. The van der Waals surface area contributed by atoms with Crippen molar-refractivity contribution in [2.24, 2.45) is 11.7 Å². The lowest BCUT2D eigenvalue weighted by molar-refractivity contribution is 0.244. The molecule has 1 saturated carbocycles. The van der Waals surface area contributed by atoms with E-state index in [-0.39, 0.29) is 0 Å². The summed E-state index contributed by atoms with van der Waals surface area (Å²) in [5.41, 5.74) is 5.57. The summed E-state index contributed by atoms with van der Waals surface area (Å²) in [5.74, 6) is 1.01. The Balaban J connectivity index is 2.10. The summed E-state index contributed by atoms with van der Waals surface area (Å²) in [6.07, 6.45) is 8.74. The molecule has 0 aromatic heterocycles. The Labute approximate surface area is 88.8 Å². The third-order valence-corrected chi connectivity index (χ3v) is 3.47. The van der Waals surface area contributed by atoms with Gasteiger partial charge in [-0.15, -0.1) is 0 Å². The Kier molecular flexibility index (Phi) is 6.20. The summed E-state index contributed by atoms with van der Waals surface area (Å²) < 4.78 is 0. The molecule has 0 saturated heterocycles. The minimum Gasteiger partial charge on any atom is -0.329 e. The van der Waals surface area contributed by atoms with Gasteiger partial charge in [-0.2, -0.15) is 0 Å². The molecule has 0 unspecified atom stereocenters. The Bertz CT molecular complexity index is 126. The fourth-order valence-electron chi connectivity index (χ4n) is 2.45. The van der Waals surface area contributed by atoms with Crippen molar-refractivity contribution in [2.75, 3.05) is 26.2 Å². The number of likely N-dealkylation sites (N-methyl/N-ethyl adjacent to an activating group) is 1. The van der Waals surface area contributed by atoms with Crippen LogP contribution in [0, 0.1) is 5.92 Å². The van der Waals surface area contributed by atoms with Gasteiger partial charge in [-0.3, -0.25) is 0 Å². The molecule has 0 aliphatic heterocycles. The molecule has 1 aliphatic carbocycles. The first-order valence-electron chi connectivity index (χ1n) is 6.29. The molecule has 0 atom stereocenters. The van der Waals surface area contributed by atoms with Crippen LogP contribution < -0.4 is 5.73 Å². The van der Waals surface area contributed by atoms with Crippen LogP contribution >= 0.6 is 0 Å². The lowest BCUT2D eigenvalue weighted by Crippen LogP contribution is -2.31. The van der Waals surface area contributed by atoms with Crippen molar-refractivity contribution in [3.05, 3.63) is 0 Å². The van der Waals surface area contributed by atoms with Gasteiger partial charge in [0.1, 0.15) is 0 Å². The molecule has 0 aromatic rings. The first kappa shape index (κ1) is 12.0. The van der Waals surface area contributed by atoms with Crippen molar-refractivity contribution >= 4 is 0 Å². The average Bonchev–Trinajstić information content (AvgIpc) is 2.25. The van der Waals surface area contributed by atoms with Gasteiger partial charge in [-0.05, 0) is 25.4 Å². The number of hydrogen-bond donors (Lipinski definition) is 1. The first-order chi connectivity index (χ1) is 6.86. The molecule has 0 bridgehead atoms. The molecule has 2 nitrogen and oxygen atoms in total. The third kappa shape index (κ3) is 4.43. The maximum Gasteiger partial charge on any atom is 0.0104 e. The Morgan fingerprint density at radius 1 is 1.14 bits per heavy atom. The highest BCUT2D eigenvalue weighted by Crippen LogP contribution is 2.26. The van der Waals surface area contributed by atoms with Crippen molar-refractivity contribution in [1.82, 2.24) is 4.90 Å². The maximum absolute atomic E-state index is 5.57. The van der Waals surface area contributed by atoms with E-state index in [1.54, 1.807) is 0 Å². The molecule has 0 spiro atoms. The monoisotopic (exact) mass is 198 g/mol. The van der Waals surface area contributed by atoms with E-state index in [9.17, 15) is 0 Å². The molecule has 2 heteroatoms. The molecule has 0 radical (unpaired) electrons. The molecule has 2 N–H and O–H groups in total. The van der Waals surface area contributed by atoms with Crippen LogP contribution in [0.4, 0.5) is 0 Å². The fourth-order valence-corrected chi connectivity index (χ4v) is 2.45. The summed E-state index contributed by atoms with van der Waals surface area (Å²) in [6.45, 7) is 6.53. The standard InChI is InChI=1S/C12H26N2/c1-2-14(11-9-13)10-8-12-6-4-3-5-7-12/h12H,2-11,13H2,1H3. The highest BCUT2D eigenvalue weighted by molar-refractivity contribution is 4.68. The SMILES string of the molecule is CCN(CCN)CCC1CCCCC1. The van der Waals surface area contributed by atoms with Gasteiger partial charge in [0.05, 0.1) is 0 Å². The Morgan fingerprint density at radius 2 is 1.86 bits per heavy atom. The van der Waals surface area contributed by atoms with E-state index in [1.807, 2.05) is 0 Å². The lowest BCUT2D eigenvalue weighted by Gasteiger charge is -2.25. The van der Waals surface area contributed by atoms with Crippen molar-refractivity contribution < 1.29 is 0 Å². The number of rotatable bonds is 6. The van der Waals surface area contributed by atoms with E-state index in [4.69, 9.17) is 5.73 Å². The Hall–Kier alpha value is -0.0800.